The maximum Gasteiger partial charge on any atom is 0.397 e. The number of halogens is 4. The second kappa shape index (κ2) is 7.36. The number of primary sulfonamides is 1. The molecule has 1 atom stereocenters. The first-order chi connectivity index (χ1) is 12.2. The van der Waals surface area contributed by atoms with E-state index in [1.54, 1.807) is 0 Å². The Balaban J connectivity index is 2.56. The molecule has 1 aromatic rings. The average Bonchev–Trinajstić information content (AvgIpc) is 2.49. The first-order valence-electron chi connectivity index (χ1n) is 6.81. The van der Waals surface area contributed by atoms with E-state index in [2.05, 4.69) is 5.29 Å². The van der Waals surface area contributed by atoms with Gasteiger partial charge in [0.2, 0.25) is 20.0 Å². The summed E-state index contributed by atoms with van der Waals surface area (Å²) in [4.78, 5) is 9.98. The zero-order chi connectivity index (χ0) is 20.8. The molecule has 0 aromatic heterocycles. The van der Waals surface area contributed by atoms with Crippen LogP contribution in [-0.2, 0) is 20.0 Å². The zero-order valence-electron chi connectivity index (χ0n) is 13.3. The highest BCUT2D eigenvalue weighted by Crippen LogP contribution is 2.41. The molecule has 0 aliphatic carbocycles. The van der Waals surface area contributed by atoms with Gasteiger partial charge in [0, 0.05) is 12.8 Å². The highest BCUT2D eigenvalue weighted by molar-refractivity contribution is 7.99. The van der Waals surface area contributed by atoms with Crippen LogP contribution in [0.4, 0.5) is 18.9 Å². The molecule has 152 valence electrons. The third kappa shape index (κ3) is 4.48. The van der Waals surface area contributed by atoms with Crippen LogP contribution in [0.25, 0.3) is 0 Å². The molecule has 1 unspecified atom stereocenters. The molecule has 2 N–H and O–H groups in total. The number of anilines is 1. The van der Waals surface area contributed by atoms with Gasteiger partial charge in [0.05, 0.1) is 21.7 Å². The van der Waals surface area contributed by atoms with Crippen LogP contribution >= 0.6 is 23.4 Å². The lowest BCUT2D eigenvalue weighted by molar-refractivity contribution is -0.105. The van der Waals surface area contributed by atoms with Crippen LogP contribution in [0, 0.1) is 4.91 Å². The van der Waals surface area contributed by atoms with Gasteiger partial charge in [-0.15, -0.1) is 16.7 Å². The first-order valence-corrected chi connectivity index (χ1v) is 11.3. The number of sulfonamides is 2. The van der Waals surface area contributed by atoms with Gasteiger partial charge in [-0.1, -0.05) is 11.6 Å². The lowest BCUT2D eigenvalue weighted by atomic mass is 10.3. The lowest BCUT2D eigenvalue weighted by Crippen LogP contribution is -2.52. The molecule has 27 heavy (non-hydrogen) atoms. The summed E-state index contributed by atoms with van der Waals surface area (Å²) in [7, 11) is -7.70. The fourth-order valence-corrected chi connectivity index (χ4v) is 5.98. The monoisotopic (exact) mass is 468 g/mol. The van der Waals surface area contributed by atoms with Crippen molar-refractivity contribution in [3.63, 3.8) is 0 Å². The smallest absolute Gasteiger partial charge is 0.225 e. The molecule has 16 heteroatoms. The van der Waals surface area contributed by atoms with E-state index in [-0.39, 0.29) is 5.69 Å². The number of nitroso groups, excluding NO2 is 1. The lowest BCUT2D eigenvalue weighted by Gasteiger charge is -2.38. The highest BCUT2D eigenvalue weighted by Gasteiger charge is 2.43. The van der Waals surface area contributed by atoms with Crippen molar-refractivity contribution < 1.29 is 30.0 Å². The third-order valence-electron chi connectivity index (χ3n) is 3.55. The molecule has 0 saturated heterocycles. The number of thioether (sulfide) groups is 1. The molecule has 0 radical (unpaired) electrons. The Kier molecular flexibility index (Phi) is 6.04. The highest BCUT2D eigenvalue weighted by atomic mass is 35.5. The minimum atomic E-state index is -4.48. The normalized spacial score (nSPS) is 20.4. The van der Waals surface area contributed by atoms with Crippen molar-refractivity contribution in [1.29, 1.82) is 0 Å². The molecule has 0 fully saturated rings. The summed E-state index contributed by atoms with van der Waals surface area (Å²) in [5.74, 6) is -1.70. The molecule has 0 spiro atoms. The Hall–Kier alpha value is -1.13. The van der Waals surface area contributed by atoms with Gasteiger partial charge in [0.25, 0.3) is 0 Å². The molecule has 2 rings (SSSR count). The van der Waals surface area contributed by atoms with Crippen molar-refractivity contribution in [1.82, 2.24) is 4.31 Å². The minimum Gasteiger partial charge on any atom is -0.225 e. The molecule has 0 saturated carbocycles. The second-order valence-corrected chi connectivity index (χ2v) is 10.3. The third-order valence-corrected chi connectivity index (χ3v) is 7.87. The topological polar surface area (TPSA) is 130 Å². The van der Waals surface area contributed by atoms with E-state index in [0.29, 0.717) is 27.1 Å². The van der Waals surface area contributed by atoms with E-state index in [4.69, 9.17) is 16.7 Å². The summed E-state index contributed by atoms with van der Waals surface area (Å²) in [6.07, 6.45) is -5.86. The Labute approximate surface area is 161 Å². The van der Waals surface area contributed by atoms with E-state index in [9.17, 15) is 34.9 Å². The van der Waals surface area contributed by atoms with Crippen LogP contribution in [0.3, 0.4) is 0 Å². The molecule has 1 aromatic carbocycles. The van der Waals surface area contributed by atoms with E-state index in [1.165, 1.54) is 0 Å². The molecule has 0 bridgehead atoms. The summed E-state index contributed by atoms with van der Waals surface area (Å²) >= 11 is 6.17. The summed E-state index contributed by atoms with van der Waals surface area (Å²) in [6, 6.07) is 1.54. The van der Waals surface area contributed by atoms with Gasteiger partial charge in [-0.2, -0.15) is 17.5 Å². The van der Waals surface area contributed by atoms with Crippen molar-refractivity contribution in [2.45, 2.75) is 22.1 Å². The fourth-order valence-electron chi connectivity index (χ4n) is 2.31. The summed E-state index contributed by atoms with van der Waals surface area (Å²) < 4.78 is 86.1. The molecule has 1 heterocycles. The number of benzene rings is 1. The van der Waals surface area contributed by atoms with E-state index >= 15 is 0 Å². The maximum atomic E-state index is 12.7. The summed E-state index contributed by atoms with van der Waals surface area (Å²) in [6.45, 7) is 0. The van der Waals surface area contributed by atoms with Crippen molar-refractivity contribution >= 4 is 49.1 Å². The molecular weight excluding hydrogens is 457 g/mol. The Morgan fingerprint density at radius 2 is 1.96 bits per heavy atom. The van der Waals surface area contributed by atoms with Gasteiger partial charge in [0.15, 0.2) is 0 Å². The molecule has 0 amide bonds. The predicted molar refractivity (Wildman–Crippen MR) is 93.2 cm³/mol. The average molecular weight is 469 g/mol. The number of nitrogens with two attached hydrogens (primary N) is 1. The molecule has 9 nitrogen and oxygen atoms in total. The largest absolute Gasteiger partial charge is 0.397 e. The maximum absolute atomic E-state index is 12.7. The summed E-state index contributed by atoms with van der Waals surface area (Å²) in [5, 5.41) is 7.82. The number of nitrogens with zero attached hydrogens (tertiary/aromatic N) is 3. The number of alkyl halides is 3. The van der Waals surface area contributed by atoms with Crippen molar-refractivity contribution in [3.05, 3.63) is 22.1 Å². The Bertz CT molecular complexity index is 970. The number of hydrogen-bond acceptors (Lipinski definition) is 7. The van der Waals surface area contributed by atoms with Gasteiger partial charge in [-0.05, 0) is 12.1 Å². The van der Waals surface area contributed by atoms with Crippen molar-refractivity contribution in [2.75, 3.05) is 23.6 Å². The van der Waals surface area contributed by atoms with Gasteiger partial charge >= 0.3 is 6.18 Å². The standard InChI is InChI=1S/C11H12ClF3N4O5S3/c1-18-10(4-25-5-11(13,14)15)19(17-20)7-2-6(12)8(26(16,21)22)3-9(7)27(18,23)24/h2-3,10H,4-5H2,1H3,(H2,16,21,22). The quantitative estimate of drug-likeness (QED) is 0.651. The summed E-state index contributed by atoms with van der Waals surface area (Å²) in [5.41, 5.74) is -0.363. The molecular formula is C11H12ClF3N4O5S3. The Morgan fingerprint density at radius 1 is 1.37 bits per heavy atom. The van der Waals surface area contributed by atoms with Crippen LogP contribution in [0.5, 0.6) is 0 Å². The van der Waals surface area contributed by atoms with Gasteiger partial charge in [-0.25, -0.2) is 27.0 Å². The van der Waals surface area contributed by atoms with Gasteiger partial charge < -0.3 is 0 Å². The van der Waals surface area contributed by atoms with E-state index in [1.807, 2.05) is 0 Å². The van der Waals surface area contributed by atoms with Gasteiger partial charge in [0.1, 0.15) is 16.0 Å². The number of rotatable bonds is 5. The Morgan fingerprint density at radius 3 is 2.44 bits per heavy atom. The van der Waals surface area contributed by atoms with Crippen LogP contribution in [0.1, 0.15) is 0 Å². The van der Waals surface area contributed by atoms with Crippen LogP contribution in [0.15, 0.2) is 27.2 Å². The SMILES string of the molecule is CN1C(CSCC(F)(F)F)N(N=O)c2cc(Cl)c(S(N)(=O)=O)cc2S1(=O)=O. The van der Waals surface area contributed by atoms with E-state index < -0.39 is 58.7 Å². The van der Waals surface area contributed by atoms with Crippen LogP contribution < -0.4 is 10.1 Å². The van der Waals surface area contributed by atoms with E-state index in [0.717, 1.165) is 13.1 Å². The molecule has 1 aliphatic heterocycles. The van der Waals surface area contributed by atoms with Crippen LogP contribution in [-0.4, -0.2) is 52.0 Å². The molecule has 1 aliphatic rings. The zero-order valence-corrected chi connectivity index (χ0v) is 16.5. The van der Waals surface area contributed by atoms with Crippen molar-refractivity contribution in [3.8, 4) is 0 Å². The van der Waals surface area contributed by atoms with Crippen molar-refractivity contribution in [2.24, 2.45) is 10.4 Å². The van der Waals surface area contributed by atoms with Crippen LogP contribution in [0.2, 0.25) is 5.02 Å². The number of fused-ring (bicyclic) bond motifs is 1. The minimum absolute atomic E-state index is 0.356. The fraction of sp³-hybridized carbons (Fsp3) is 0.455. The predicted octanol–water partition coefficient (Wildman–Crippen LogP) is 1.73. The number of hydrogen-bond donors (Lipinski definition) is 1. The first kappa shape index (κ1) is 22.2. The van der Waals surface area contributed by atoms with Gasteiger partial charge in [-0.3, -0.25) is 0 Å². The second-order valence-electron chi connectivity index (χ2n) is 5.35.